The van der Waals surface area contributed by atoms with Crippen LogP contribution in [0.2, 0.25) is 0 Å². The van der Waals surface area contributed by atoms with E-state index in [-0.39, 0.29) is 5.91 Å². The molecule has 0 atom stereocenters. The first kappa shape index (κ1) is 16.9. The summed E-state index contributed by atoms with van der Waals surface area (Å²) in [5, 5.41) is 10.9. The van der Waals surface area contributed by atoms with Crippen LogP contribution in [0.1, 0.15) is 30.3 Å². The van der Waals surface area contributed by atoms with E-state index in [4.69, 9.17) is 0 Å². The van der Waals surface area contributed by atoms with Gasteiger partial charge in [0.15, 0.2) is 5.69 Å². The number of hydrogen-bond donors (Lipinski definition) is 2. The second-order valence-electron chi connectivity index (χ2n) is 6.41. The van der Waals surface area contributed by atoms with E-state index in [0.29, 0.717) is 12.2 Å². The number of aromatic amines is 1. The second kappa shape index (κ2) is 8.26. The van der Waals surface area contributed by atoms with Gasteiger partial charge in [-0.15, -0.1) is 0 Å². The Hall–Kier alpha value is -1.92. The normalized spacial score (nSPS) is 16.5. The molecule has 6 heteroatoms. The molecule has 1 aliphatic heterocycles. The highest BCUT2D eigenvalue weighted by molar-refractivity contribution is 6.04. The monoisotopic (exact) mass is 329 g/mol. The van der Waals surface area contributed by atoms with Gasteiger partial charge in [0.25, 0.3) is 5.91 Å². The fourth-order valence-electron chi connectivity index (χ4n) is 3.17. The van der Waals surface area contributed by atoms with E-state index in [1.165, 1.54) is 19.4 Å². The third kappa shape index (κ3) is 4.13. The number of rotatable bonds is 7. The number of hydrogen-bond acceptors (Lipinski definition) is 4. The number of piperazine rings is 1. The number of benzene rings is 1. The molecule has 2 N–H and O–H groups in total. The Morgan fingerprint density at radius 2 is 1.88 bits per heavy atom. The molecule has 0 unspecified atom stereocenters. The Morgan fingerprint density at radius 3 is 2.62 bits per heavy atom. The van der Waals surface area contributed by atoms with Gasteiger partial charge in [-0.05, 0) is 19.0 Å². The minimum absolute atomic E-state index is 0.103. The molecule has 0 bridgehead atoms. The molecule has 0 spiro atoms. The standard InChI is InChI=1S/C18H27N5O/c1-2-3-9-22-11-13-23(14-12-22)10-8-19-18(24)17-15-6-4-5-7-16(15)20-21-17/h4-7H,2-3,8-14H2,1H3,(H,19,24)(H,20,21). The van der Waals surface area contributed by atoms with Crippen molar-refractivity contribution in [2.75, 3.05) is 45.8 Å². The Labute approximate surface area is 143 Å². The molecule has 1 aromatic carbocycles. The highest BCUT2D eigenvalue weighted by Crippen LogP contribution is 2.14. The van der Waals surface area contributed by atoms with Crippen molar-refractivity contribution in [3.05, 3.63) is 30.0 Å². The van der Waals surface area contributed by atoms with Gasteiger partial charge in [-0.25, -0.2) is 0 Å². The van der Waals surface area contributed by atoms with Gasteiger partial charge >= 0.3 is 0 Å². The number of carbonyl (C=O) groups excluding carboxylic acids is 1. The summed E-state index contributed by atoms with van der Waals surface area (Å²) in [6, 6.07) is 7.70. The zero-order valence-corrected chi connectivity index (χ0v) is 14.4. The van der Waals surface area contributed by atoms with Crippen molar-refractivity contribution in [1.29, 1.82) is 0 Å². The lowest BCUT2D eigenvalue weighted by Gasteiger charge is -2.34. The molecule has 1 aliphatic rings. The summed E-state index contributed by atoms with van der Waals surface area (Å²) in [7, 11) is 0. The Kier molecular flexibility index (Phi) is 5.82. The molecule has 0 saturated carbocycles. The molecule has 0 radical (unpaired) electrons. The van der Waals surface area contributed by atoms with E-state index in [1.807, 2.05) is 24.3 Å². The minimum atomic E-state index is -0.103. The molecule has 2 aromatic rings. The van der Waals surface area contributed by atoms with E-state index in [2.05, 4.69) is 32.2 Å². The molecule has 1 saturated heterocycles. The second-order valence-corrected chi connectivity index (χ2v) is 6.41. The van der Waals surface area contributed by atoms with Crippen molar-refractivity contribution in [1.82, 2.24) is 25.3 Å². The van der Waals surface area contributed by atoms with Gasteiger partial charge in [0.1, 0.15) is 0 Å². The highest BCUT2D eigenvalue weighted by atomic mass is 16.1. The zero-order valence-electron chi connectivity index (χ0n) is 14.4. The van der Waals surface area contributed by atoms with Crippen LogP contribution < -0.4 is 5.32 Å². The summed E-state index contributed by atoms with van der Waals surface area (Å²) < 4.78 is 0. The summed E-state index contributed by atoms with van der Waals surface area (Å²) in [5.74, 6) is -0.103. The molecule has 2 heterocycles. The predicted octanol–water partition coefficient (Wildman–Crippen LogP) is 1.71. The van der Waals surface area contributed by atoms with E-state index < -0.39 is 0 Å². The average molecular weight is 329 g/mol. The fraction of sp³-hybridized carbons (Fsp3) is 0.556. The molecular weight excluding hydrogens is 302 g/mol. The molecule has 6 nitrogen and oxygen atoms in total. The largest absolute Gasteiger partial charge is 0.349 e. The molecule has 130 valence electrons. The summed E-state index contributed by atoms with van der Waals surface area (Å²) >= 11 is 0. The lowest BCUT2D eigenvalue weighted by Crippen LogP contribution is -2.48. The lowest BCUT2D eigenvalue weighted by atomic mass is 10.2. The van der Waals surface area contributed by atoms with Crippen LogP contribution in [0.15, 0.2) is 24.3 Å². The van der Waals surface area contributed by atoms with Crippen molar-refractivity contribution in [3.63, 3.8) is 0 Å². The van der Waals surface area contributed by atoms with Gasteiger partial charge in [0.2, 0.25) is 0 Å². The number of nitrogens with one attached hydrogen (secondary N) is 2. The van der Waals surface area contributed by atoms with Crippen molar-refractivity contribution < 1.29 is 4.79 Å². The number of nitrogens with zero attached hydrogens (tertiary/aromatic N) is 3. The van der Waals surface area contributed by atoms with Crippen LogP contribution in [0.5, 0.6) is 0 Å². The number of aromatic nitrogens is 2. The molecule has 1 amide bonds. The summed E-state index contributed by atoms with van der Waals surface area (Å²) in [4.78, 5) is 17.3. The first-order valence-electron chi connectivity index (χ1n) is 8.94. The summed E-state index contributed by atoms with van der Waals surface area (Å²) in [6.07, 6.45) is 2.54. The number of amides is 1. The Balaban J connectivity index is 1.41. The van der Waals surface area contributed by atoms with E-state index in [9.17, 15) is 4.79 Å². The summed E-state index contributed by atoms with van der Waals surface area (Å²) in [5.41, 5.74) is 1.38. The molecule has 1 fully saturated rings. The third-order valence-corrected chi connectivity index (χ3v) is 4.69. The topological polar surface area (TPSA) is 64.3 Å². The van der Waals surface area contributed by atoms with E-state index in [1.54, 1.807) is 0 Å². The first-order chi connectivity index (χ1) is 11.8. The SMILES string of the molecule is CCCCN1CCN(CCNC(=O)c2n[nH]c3ccccc23)CC1. The molecular formula is C18H27N5O. The van der Waals surface area contributed by atoms with Crippen LogP contribution in [0.3, 0.4) is 0 Å². The number of carbonyl (C=O) groups is 1. The predicted molar refractivity (Wildman–Crippen MR) is 96.2 cm³/mol. The maximum absolute atomic E-state index is 12.3. The van der Waals surface area contributed by atoms with Crippen molar-refractivity contribution in [3.8, 4) is 0 Å². The number of H-pyrrole nitrogens is 1. The van der Waals surface area contributed by atoms with Gasteiger partial charge in [0.05, 0.1) is 5.52 Å². The van der Waals surface area contributed by atoms with Gasteiger partial charge in [0, 0.05) is 44.7 Å². The maximum Gasteiger partial charge on any atom is 0.272 e. The van der Waals surface area contributed by atoms with Gasteiger partial charge in [-0.1, -0.05) is 31.5 Å². The van der Waals surface area contributed by atoms with Gasteiger partial charge in [-0.3, -0.25) is 14.8 Å². The van der Waals surface area contributed by atoms with Crippen molar-refractivity contribution in [2.24, 2.45) is 0 Å². The first-order valence-corrected chi connectivity index (χ1v) is 8.94. The van der Waals surface area contributed by atoms with Crippen LogP contribution in [0.4, 0.5) is 0 Å². The molecule has 0 aliphatic carbocycles. The smallest absolute Gasteiger partial charge is 0.272 e. The van der Waals surface area contributed by atoms with Crippen molar-refractivity contribution >= 4 is 16.8 Å². The van der Waals surface area contributed by atoms with Crippen LogP contribution >= 0.6 is 0 Å². The molecule has 24 heavy (non-hydrogen) atoms. The Bertz CT molecular complexity index is 660. The van der Waals surface area contributed by atoms with Crippen LogP contribution in [0.25, 0.3) is 10.9 Å². The van der Waals surface area contributed by atoms with Crippen LogP contribution in [0, 0.1) is 0 Å². The molecule has 3 rings (SSSR count). The average Bonchev–Trinajstić information content (AvgIpc) is 3.05. The zero-order chi connectivity index (χ0) is 16.8. The Morgan fingerprint density at radius 1 is 1.17 bits per heavy atom. The van der Waals surface area contributed by atoms with E-state index in [0.717, 1.165) is 43.6 Å². The highest BCUT2D eigenvalue weighted by Gasteiger charge is 2.17. The van der Waals surface area contributed by atoms with Crippen molar-refractivity contribution in [2.45, 2.75) is 19.8 Å². The van der Waals surface area contributed by atoms with Gasteiger partial charge in [-0.2, -0.15) is 5.10 Å². The minimum Gasteiger partial charge on any atom is -0.349 e. The fourth-order valence-corrected chi connectivity index (χ4v) is 3.17. The van der Waals surface area contributed by atoms with Crippen LogP contribution in [-0.2, 0) is 0 Å². The number of fused-ring (bicyclic) bond motifs is 1. The number of para-hydroxylation sites is 1. The maximum atomic E-state index is 12.3. The molecule has 1 aromatic heterocycles. The quantitative estimate of drug-likeness (QED) is 0.812. The lowest BCUT2D eigenvalue weighted by molar-refractivity contribution is 0.0932. The third-order valence-electron chi connectivity index (χ3n) is 4.69. The van der Waals surface area contributed by atoms with Gasteiger partial charge < -0.3 is 10.2 Å². The summed E-state index contributed by atoms with van der Waals surface area (Å²) in [6.45, 7) is 9.46. The number of unbranched alkanes of at least 4 members (excludes halogenated alkanes) is 1. The van der Waals surface area contributed by atoms with E-state index >= 15 is 0 Å². The van der Waals surface area contributed by atoms with Crippen LogP contribution in [-0.4, -0.2) is 71.7 Å².